The van der Waals surface area contributed by atoms with E-state index in [0.29, 0.717) is 5.82 Å². The maximum absolute atomic E-state index is 12.9. The summed E-state index contributed by atoms with van der Waals surface area (Å²) < 4.78 is 1.92. The molecule has 6 nitrogen and oxygen atoms in total. The second kappa shape index (κ2) is 6.95. The highest BCUT2D eigenvalue weighted by molar-refractivity contribution is 5.84. The van der Waals surface area contributed by atoms with Gasteiger partial charge in [0.1, 0.15) is 5.54 Å². The van der Waals surface area contributed by atoms with Gasteiger partial charge in [-0.25, -0.2) is 9.97 Å². The topological polar surface area (TPSA) is 72.7 Å². The highest BCUT2D eigenvalue weighted by atomic mass is 16.2. The van der Waals surface area contributed by atoms with E-state index in [1.165, 1.54) is 0 Å². The van der Waals surface area contributed by atoms with Crippen LogP contribution in [-0.2, 0) is 16.8 Å². The Balaban J connectivity index is 1.58. The minimum absolute atomic E-state index is 0.00659. The number of hydrogen-bond acceptors (Lipinski definition) is 4. The number of fused-ring (bicyclic) bond motifs is 1. The van der Waals surface area contributed by atoms with E-state index in [9.17, 15) is 4.79 Å². The van der Waals surface area contributed by atoms with Gasteiger partial charge in [0.2, 0.25) is 5.91 Å². The van der Waals surface area contributed by atoms with Crippen LogP contribution in [0.15, 0.2) is 55.2 Å². The molecule has 0 bridgehead atoms. The molecule has 3 aromatic rings. The van der Waals surface area contributed by atoms with Gasteiger partial charge in [0.25, 0.3) is 0 Å². The lowest BCUT2D eigenvalue weighted by Crippen LogP contribution is -2.45. The first-order chi connectivity index (χ1) is 13.1. The number of carbonyl (C=O) groups is 1. The van der Waals surface area contributed by atoms with Gasteiger partial charge in [0.05, 0.1) is 6.04 Å². The van der Waals surface area contributed by atoms with E-state index in [1.807, 2.05) is 61.3 Å². The highest BCUT2D eigenvalue weighted by Crippen LogP contribution is 2.30. The summed E-state index contributed by atoms with van der Waals surface area (Å²) in [4.78, 5) is 26.4. The number of amides is 1. The third kappa shape index (κ3) is 3.35. The van der Waals surface area contributed by atoms with Crippen molar-refractivity contribution < 1.29 is 4.79 Å². The van der Waals surface area contributed by atoms with Gasteiger partial charge >= 0.3 is 0 Å². The minimum atomic E-state index is -0.655. The minimum Gasteiger partial charge on any atom is -0.347 e. The fraction of sp³-hybridized carbons (Fsp3) is 0.333. The van der Waals surface area contributed by atoms with Crippen molar-refractivity contribution in [3.63, 3.8) is 0 Å². The predicted octanol–water partition coefficient (Wildman–Crippen LogP) is 3.27. The summed E-state index contributed by atoms with van der Waals surface area (Å²) in [5.41, 5.74) is 2.28. The number of carbonyl (C=O) groups excluding carboxylic acids is 1. The lowest BCUT2D eigenvalue weighted by atomic mass is 9.91. The van der Waals surface area contributed by atoms with Gasteiger partial charge in [-0.15, -0.1) is 0 Å². The van der Waals surface area contributed by atoms with Crippen molar-refractivity contribution >= 4 is 5.91 Å². The molecule has 0 aliphatic heterocycles. The zero-order chi connectivity index (χ0) is 18.9. The largest absolute Gasteiger partial charge is 0.347 e. The molecule has 1 atom stereocenters. The molecule has 3 heterocycles. The van der Waals surface area contributed by atoms with Gasteiger partial charge in [-0.3, -0.25) is 9.78 Å². The number of pyridine rings is 1. The number of nitrogens with one attached hydrogen (secondary N) is 1. The van der Waals surface area contributed by atoms with E-state index in [-0.39, 0.29) is 11.9 Å². The summed E-state index contributed by atoms with van der Waals surface area (Å²) >= 11 is 0. The van der Waals surface area contributed by atoms with Gasteiger partial charge < -0.3 is 9.88 Å². The van der Waals surface area contributed by atoms with Crippen LogP contribution in [0.4, 0.5) is 0 Å². The van der Waals surface area contributed by atoms with Gasteiger partial charge in [0.15, 0.2) is 5.82 Å². The number of aryl methyl sites for hydroxylation is 1. The number of rotatable bonds is 4. The highest BCUT2D eigenvalue weighted by Gasteiger charge is 2.32. The second-order valence-electron chi connectivity index (χ2n) is 7.40. The van der Waals surface area contributed by atoms with Crippen LogP contribution >= 0.6 is 0 Å². The molecule has 3 aromatic heterocycles. The summed E-state index contributed by atoms with van der Waals surface area (Å²) in [7, 11) is 0. The molecule has 0 saturated heterocycles. The first kappa shape index (κ1) is 17.4. The standard InChI is InChI=1S/C21H23N5O/c1-21(2,26-11-3-4-12-26)20(27)25-18-9-5-8-17-16(18)14-23-19(24-17)15-7-6-10-22-13-15/h3-4,6-7,10-14,18H,5,8-9H2,1-2H3,(H,25,27)/t18-/m0/s1. The Morgan fingerprint density at radius 1 is 1.22 bits per heavy atom. The summed E-state index contributed by atoms with van der Waals surface area (Å²) in [5, 5.41) is 3.21. The molecule has 1 aliphatic carbocycles. The van der Waals surface area contributed by atoms with Crippen molar-refractivity contribution in [3.05, 3.63) is 66.5 Å². The molecule has 1 N–H and O–H groups in total. The van der Waals surface area contributed by atoms with Crippen LogP contribution in [0.2, 0.25) is 0 Å². The van der Waals surface area contributed by atoms with Crippen molar-refractivity contribution in [3.8, 4) is 11.4 Å². The monoisotopic (exact) mass is 361 g/mol. The van der Waals surface area contributed by atoms with E-state index in [1.54, 1.807) is 12.4 Å². The van der Waals surface area contributed by atoms with Gasteiger partial charge in [-0.05, 0) is 57.4 Å². The first-order valence-electron chi connectivity index (χ1n) is 9.26. The smallest absolute Gasteiger partial charge is 0.246 e. The van der Waals surface area contributed by atoms with Crippen molar-refractivity contribution in [1.29, 1.82) is 0 Å². The van der Waals surface area contributed by atoms with Crippen molar-refractivity contribution in [2.24, 2.45) is 0 Å². The van der Waals surface area contributed by atoms with Crippen molar-refractivity contribution in [2.45, 2.75) is 44.7 Å². The zero-order valence-electron chi connectivity index (χ0n) is 15.6. The van der Waals surface area contributed by atoms with Crippen LogP contribution in [0, 0.1) is 0 Å². The molecule has 0 aromatic carbocycles. The zero-order valence-corrected chi connectivity index (χ0v) is 15.6. The number of hydrogen-bond donors (Lipinski definition) is 1. The average Bonchev–Trinajstić information content (AvgIpc) is 3.24. The van der Waals surface area contributed by atoms with E-state index < -0.39 is 5.54 Å². The molecule has 0 spiro atoms. The summed E-state index contributed by atoms with van der Waals surface area (Å²) in [6.45, 7) is 3.85. The Morgan fingerprint density at radius 3 is 2.78 bits per heavy atom. The molecule has 1 aliphatic rings. The average molecular weight is 361 g/mol. The van der Waals surface area contributed by atoms with Crippen LogP contribution in [0.3, 0.4) is 0 Å². The molecule has 0 saturated carbocycles. The van der Waals surface area contributed by atoms with Gasteiger partial charge in [-0.2, -0.15) is 0 Å². The third-order valence-corrected chi connectivity index (χ3v) is 5.21. The van der Waals surface area contributed by atoms with E-state index in [2.05, 4.69) is 15.3 Å². The fourth-order valence-corrected chi connectivity index (χ4v) is 3.49. The maximum atomic E-state index is 12.9. The quantitative estimate of drug-likeness (QED) is 0.774. The van der Waals surface area contributed by atoms with Gasteiger partial charge in [0, 0.05) is 47.8 Å². The Kier molecular flexibility index (Phi) is 4.48. The van der Waals surface area contributed by atoms with Crippen molar-refractivity contribution in [1.82, 2.24) is 24.8 Å². The van der Waals surface area contributed by atoms with Crippen LogP contribution in [0.25, 0.3) is 11.4 Å². The summed E-state index contributed by atoms with van der Waals surface area (Å²) in [6, 6.07) is 7.64. The fourth-order valence-electron chi connectivity index (χ4n) is 3.49. The van der Waals surface area contributed by atoms with Crippen LogP contribution in [-0.4, -0.2) is 25.4 Å². The third-order valence-electron chi connectivity index (χ3n) is 5.21. The molecule has 27 heavy (non-hydrogen) atoms. The number of nitrogens with zero attached hydrogens (tertiary/aromatic N) is 4. The lowest BCUT2D eigenvalue weighted by Gasteiger charge is -2.31. The molecule has 1 amide bonds. The van der Waals surface area contributed by atoms with Crippen molar-refractivity contribution in [2.75, 3.05) is 0 Å². The Bertz CT molecular complexity index is 934. The molecule has 0 unspecified atom stereocenters. The molecule has 0 radical (unpaired) electrons. The Hall–Kier alpha value is -3.02. The van der Waals surface area contributed by atoms with Crippen LogP contribution in [0.5, 0.6) is 0 Å². The Labute approximate surface area is 158 Å². The summed E-state index contributed by atoms with van der Waals surface area (Å²) in [6.07, 6.45) is 12.0. The molecular weight excluding hydrogens is 338 g/mol. The SMILES string of the molecule is CC(C)(C(=O)N[C@H]1CCCc2nc(-c3cccnc3)ncc21)n1cccc1. The van der Waals surface area contributed by atoms with E-state index >= 15 is 0 Å². The molecular formula is C21H23N5O. The maximum Gasteiger partial charge on any atom is 0.246 e. The molecule has 6 heteroatoms. The lowest BCUT2D eigenvalue weighted by molar-refractivity contribution is -0.129. The van der Waals surface area contributed by atoms with Crippen LogP contribution in [0.1, 0.15) is 44.0 Å². The van der Waals surface area contributed by atoms with E-state index in [4.69, 9.17) is 4.98 Å². The number of aromatic nitrogens is 4. The molecule has 4 rings (SSSR count). The van der Waals surface area contributed by atoms with Gasteiger partial charge in [-0.1, -0.05) is 0 Å². The van der Waals surface area contributed by atoms with Crippen LogP contribution < -0.4 is 5.32 Å². The Morgan fingerprint density at radius 2 is 2.04 bits per heavy atom. The molecule has 0 fully saturated rings. The summed E-state index contributed by atoms with van der Waals surface area (Å²) in [5.74, 6) is 0.675. The van der Waals surface area contributed by atoms with E-state index in [0.717, 1.165) is 36.1 Å². The first-order valence-corrected chi connectivity index (χ1v) is 9.26. The normalized spacial score (nSPS) is 16.6. The predicted molar refractivity (Wildman–Crippen MR) is 103 cm³/mol. The molecule has 138 valence electrons. The second-order valence-corrected chi connectivity index (χ2v) is 7.40.